The van der Waals surface area contributed by atoms with Crippen LogP contribution in [0, 0.1) is 5.92 Å². The van der Waals surface area contributed by atoms with Crippen molar-refractivity contribution < 1.29 is 4.79 Å². The third kappa shape index (κ3) is 5.04. The van der Waals surface area contributed by atoms with Gasteiger partial charge in [0.15, 0.2) is 0 Å². The van der Waals surface area contributed by atoms with Gasteiger partial charge in [-0.3, -0.25) is 4.79 Å². The third-order valence-corrected chi connectivity index (χ3v) is 6.31. The summed E-state index contributed by atoms with van der Waals surface area (Å²) in [5, 5.41) is 9.45. The maximum absolute atomic E-state index is 12.4. The Labute approximate surface area is 176 Å². The highest BCUT2D eigenvalue weighted by Crippen LogP contribution is 2.25. The molecule has 1 saturated heterocycles. The average molecular weight is 404 g/mol. The van der Waals surface area contributed by atoms with E-state index >= 15 is 0 Å². The lowest BCUT2D eigenvalue weighted by molar-refractivity contribution is -0.129. The molecule has 1 aliphatic heterocycles. The molecule has 1 fully saturated rings. The monoisotopic (exact) mass is 403 g/mol. The van der Waals surface area contributed by atoms with E-state index < -0.39 is 0 Å². The molecular weight excluding hydrogens is 378 g/mol. The van der Waals surface area contributed by atoms with E-state index in [1.165, 1.54) is 22.9 Å². The van der Waals surface area contributed by atoms with Crippen LogP contribution >= 0.6 is 11.8 Å². The molecule has 4 nitrogen and oxygen atoms in total. The lowest BCUT2D eigenvalue weighted by Gasteiger charge is -2.30. The highest BCUT2D eigenvalue weighted by Gasteiger charge is 2.20. The molecule has 29 heavy (non-hydrogen) atoms. The number of thioether (sulfide) groups is 1. The van der Waals surface area contributed by atoms with Crippen LogP contribution in [0.1, 0.15) is 19.8 Å². The van der Waals surface area contributed by atoms with Gasteiger partial charge in [-0.2, -0.15) is 0 Å². The molecular formula is C24H25N3OS. The standard InChI is InChI=1S/C24H25N3OS/c1-18-13-15-27(16-14-18)24(28)17-29-23-12-11-22(25-26-23)21-9-7-20(8-10-21)19-5-3-2-4-6-19/h2-12,18H,13-17H2,1H3. The summed E-state index contributed by atoms with van der Waals surface area (Å²) in [6.45, 7) is 4.01. The first-order chi connectivity index (χ1) is 14.2. The number of amides is 1. The van der Waals surface area contributed by atoms with Crippen LogP contribution in [-0.2, 0) is 4.79 Å². The molecule has 0 radical (unpaired) electrons. The Morgan fingerprint density at radius 2 is 1.55 bits per heavy atom. The zero-order chi connectivity index (χ0) is 20.1. The van der Waals surface area contributed by atoms with Crippen molar-refractivity contribution >= 4 is 17.7 Å². The minimum atomic E-state index is 0.198. The van der Waals surface area contributed by atoms with Crippen molar-refractivity contribution in [3.63, 3.8) is 0 Å². The van der Waals surface area contributed by atoms with Crippen LogP contribution in [0.5, 0.6) is 0 Å². The molecule has 0 saturated carbocycles. The summed E-state index contributed by atoms with van der Waals surface area (Å²) in [6.07, 6.45) is 2.21. The molecule has 1 aromatic heterocycles. The molecule has 2 heterocycles. The van der Waals surface area contributed by atoms with E-state index in [0.29, 0.717) is 5.75 Å². The van der Waals surface area contributed by atoms with Gasteiger partial charge in [-0.05, 0) is 42.0 Å². The largest absolute Gasteiger partial charge is 0.342 e. The number of hydrogen-bond acceptors (Lipinski definition) is 4. The summed E-state index contributed by atoms with van der Waals surface area (Å²) in [7, 11) is 0. The first-order valence-electron chi connectivity index (χ1n) is 10.1. The number of benzene rings is 2. The highest BCUT2D eigenvalue weighted by molar-refractivity contribution is 7.99. The van der Waals surface area contributed by atoms with Gasteiger partial charge in [0.2, 0.25) is 5.91 Å². The van der Waals surface area contributed by atoms with Crippen molar-refractivity contribution in [2.45, 2.75) is 24.8 Å². The van der Waals surface area contributed by atoms with E-state index in [2.05, 4.69) is 53.5 Å². The molecule has 3 aromatic rings. The number of carbonyl (C=O) groups excluding carboxylic acids is 1. The molecule has 2 aromatic carbocycles. The maximum atomic E-state index is 12.4. The number of hydrogen-bond donors (Lipinski definition) is 0. The number of rotatable bonds is 5. The first kappa shape index (κ1) is 19.6. The molecule has 4 rings (SSSR count). The maximum Gasteiger partial charge on any atom is 0.232 e. The van der Waals surface area contributed by atoms with E-state index in [4.69, 9.17) is 0 Å². The molecule has 0 N–H and O–H groups in total. The second-order valence-corrected chi connectivity index (χ2v) is 8.55. The lowest BCUT2D eigenvalue weighted by atomic mass is 9.99. The van der Waals surface area contributed by atoms with Gasteiger partial charge in [0, 0.05) is 18.7 Å². The molecule has 0 aliphatic carbocycles. The zero-order valence-corrected chi connectivity index (χ0v) is 17.4. The Kier molecular flexibility index (Phi) is 6.25. The highest BCUT2D eigenvalue weighted by atomic mass is 32.2. The van der Waals surface area contributed by atoms with Crippen molar-refractivity contribution in [3.8, 4) is 22.4 Å². The summed E-state index contributed by atoms with van der Waals surface area (Å²) in [5.41, 5.74) is 4.25. The van der Waals surface area contributed by atoms with Crippen LogP contribution in [0.25, 0.3) is 22.4 Å². The molecule has 1 amide bonds. The van der Waals surface area contributed by atoms with Crippen LogP contribution in [0.3, 0.4) is 0 Å². The van der Waals surface area contributed by atoms with E-state index in [9.17, 15) is 4.79 Å². The topological polar surface area (TPSA) is 46.1 Å². The second-order valence-electron chi connectivity index (χ2n) is 7.55. The van der Waals surface area contributed by atoms with Gasteiger partial charge >= 0.3 is 0 Å². The normalized spacial score (nSPS) is 14.7. The fourth-order valence-electron chi connectivity index (χ4n) is 3.50. The van der Waals surface area contributed by atoms with Crippen LogP contribution < -0.4 is 0 Å². The molecule has 148 valence electrons. The smallest absolute Gasteiger partial charge is 0.232 e. The summed E-state index contributed by atoms with van der Waals surface area (Å²) < 4.78 is 0. The minimum absolute atomic E-state index is 0.198. The predicted molar refractivity (Wildman–Crippen MR) is 119 cm³/mol. The average Bonchev–Trinajstić information content (AvgIpc) is 2.79. The predicted octanol–water partition coefficient (Wildman–Crippen LogP) is 5.16. The molecule has 0 bridgehead atoms. The van der Waals surface area contributed by atoms with Crippen LogP contribution in [0.2, 0.25) is 0 Å². The van der Waals surface area contributed by atoms with Crippen LogP contribution in [-0.4, -0.2) is 39.8 Å². The minimum Gasteiger partial charge on any atom is -0.342 e. The Morgan fingerprint density at radius 3 is 2.21 bits per heavy atom. The van der Waals surface area contributed by atoms with Gasteiger partial charge in [-0.15, -0.1) is 10.2 Å². The van der Waals surface area contributed by atoms with Gasteiger partial charge in [-0.25, -0.2) is 0 Å². The summed E-state index contributed by atoms with van der Waals surface area (Å²) >= 11 is 1.46. The number of likely N-dealkylation sites (tertiary alicyclic amines) is 1. The Hall–Kier alpha value is -2.66. The molecule has 5 heteroatoms. The van der Waals surface area contributed by atoms with E-state index in [1.54, 1.807) is 0 Å². The van der Waals surface area contributed by atoms with Gasteiger partial charge in [0.25, 0.3) is 0 Å². The van der Waals surface area contributed by atoms with E-state index in [0.717, 1.165) is 48.1 Å². The van der Waals surface area contributed by atoms with E-state index in [-0.39, 0.29) is 5.91 Å². The molecule has 1 aliphatic rings. The fourth-order valence-corrected chi connectivity index (χ4v) is 4.22. The van der Waals surface area contributed by atoms with Crippen LogP contribution in [0.4, 0.5) is 0 Å². The summed E-state index contributed by atoms with van der Waals surface area (Å²) in [6, 6.07) is 22.6. The molecule has 0 atom stereocenters. The number of aromatic nitrogens is 2. The summed E-state index contributed by atoms with van der Waals surface area (Å²) in [4.78, 5) is 14.3. The Morgan fingerprint density at radius 1 is 0.897 bits per heavy atom. The van der Waals surface area contributed by atoms with Gasteiger partial charge in [-0.1, -0.05) is 73.3 Å². The second kappa shape index (κ2) is 9.23. The van der Waals surface area contributed by atoms with Gasteiger partial charge in [0.05, 0.1) is 11.4 Å². The Bertz CT molecular complexity index is 934. The molecule has 0 unspecified atom stereocenters. The fraction of sp³-hybridized carbons (Fsp3) is 0.292. The van der Waals surface area contributed by atoms with Crippen molar-refractivity contribution in [2.75, 3.05) is 18.8 Å². The SMILES string of the molecule is CC1CCN(C(=O)CSc2ccc(-c3ccc(-c4ccccc4)cc3)nn2)CC1. The first-order valence-corrected chi connectivity index (χ1v) is 11.1. The number of carbonyl (C=O) groups is 1. The van der Waals surface area contributed by atoms with Crippen molar-refractivity contribution in [1.29, 1.82) is 0 Å². The number of nitrogens with zero attached hydrogens (tertiary/aromatic N) is 3. The Balaban J connectivity index is 1.35. The zero-order valence-electron chi connectivity index (χ0n) is 16.6. The van der Waals surface area contributed by atoms with Gasteiger partial charge < -0.3 is 4.90 Å². The van der Waals surface area contributed by atoms with Gasteiger partial charge in [0.1, 0.15) is 5.03 Å². The lowest BCUT2D eigenvalue weighted by Crippen LogP contribution is -2.38. The quantitative estimate of drug-likeness (QED) is 0.552. The van der Waals surface area contributed by atoms with E-state index in [1.807, 2.05) is 35.2 Å². The van der Waals surface area contributed by atoms with Crippen molar-refractivity contribution in [3.05, 3.63) is 66.7 Å². The van der Waals surface area contributed by atoms with Crippen molar-refractivity contribution in [1.82, 2.24) is 15.1 Å². The number of piperidine rings is 1. The molecule has 0 spiro atoms. The summed E-state index contributed by atoms with van der Waals surface area (Å²) in [5.74, 6) is 1.35. The third-order valence-electron chi connectivity index (χ3n) is 5.41. The van der Waals surface area contributed by atoms with Crippen LogP contribution in [0.15, 0.2) is 71.8 Å². The van der Waals surface area contributed by atoms with Crippen molar-refractivity contribution in [2.24, 2.45) is 5.92 Å².